The lowest BCUT2D eigenvalue weighted by molar-refractivity contribution is 0.565. The van der Waals surface area contributed by atoms with Gasteiger partial charge in [-0.25, -0.2) is 9.97 Å². The van der Waals surface area contributed by atoms with Gasteiger partial charge in [-0.05, 0) is 61.1 Å². The largest absolute Gasteiger partial charge is 0.248 e. The number of hydrogen-bond donors (Lipinski definition) is 0. The van der Waals surface area contributed by atoms with Gasteiger partial charge < -0.3 is 0 Å². The van der Waals surface area contributed by atoms with Crippen LogP contribution in [0.25, 0.3) is 43.6 Å². The lowest BCUT2D eigenvalue weighted by atomic mass is 9.90. The van der Waals surface area contributed by atoms with E-state index in [-0.39, 0.29) is 0 Å². The zero-order valence-corrected chi connectivity index (χ0v) is 27.8. The van der Waals surface area contributed by atoms with Crippen molar-refractivity contribution < 1.29 is 0 Å². The highest BCUT2D eigenvalue weighted by Gasteiger charge is 2.17. The maximum Gasteiger partial charge on any atom is 0.0720 e. The molecular weight excluding hydrogens is 532 g/mol. The fourth-order valence-electron chi connectivity index (χ4n) is 7.30. The highest BCUT2D eigenvalue weighted by Crippen LogP contribution is 2.37. The standard InChI is InChI=1S/C42H56N2/c1-3-5-7-9-11-13-15-17-19-27-35-33-25-21-23-29-37(33)43-39-31-32-40-42(41(35)39)36(34-26-22-24-30-38(34)44-40)28-20-18-16-14-12-10-8-6-4-2/h21-26,29-32H,3-20,27-28H2,1-2H3. The molecule has 0 aliphatic rings. The smallest absolute Gasteiger partial charge is 0.0720 e. The molecule has 0 radical (unpaired) electrons. The van der Waals surface area contributed by atoms with Crippen LogP contribution in [0.1, 0.15) is 141 Å². The third-order valence-electron chi connectivity index (χ3n) is 9.77. The van der Waals surface area contributed by atoms with E-state index in [0.717, 1.165) is 34.9 Å². The quantitative estimate of drug-likeness (QED) is 0.0513. The lowest BCUT2D eigenvalue weighted by Gasteiger charge is -2.17. The Morgan fingerprint density at radius 1 is 0.364 bits per heavy atom. The topological polar surface area (TPSA) is 25.8 Å². The van der Waals surface area contributed by atoms with Gasteiger partial charge in [-0.1, -0.05) is 153 Å². The summed E-state index contributed by atoms with van der Waals surface area (Å²) in [5.41, 5.74) is 7.49. The Morgan fingerprint density at radius 2 is 0.705 bits per heavy atom. The SMILES string of the molecule is CCCCCCCCCCCc1c2ccccc2nc2ccc3nc4ccccc4c(CCCCCCCCCCC)c3c12. The minimum absolute atomic E-state index is 1.11. The minimum Gasteiger partial charge on any atom is -0.248 e. The molecule has 0 amide bonds. The summed E-state index contributed by atoms with van der Waals surface area (Å²) >= 11 is 0. The summed E-state index contributed by atoms with van der Waals surface area (Å²) in [6, 6.07) is 22.1. The Kier molecular flexibility index (Phi) is 12.9. The van der Waals surface area contributed by atoms with Crippen molar-refractivity contribution in [1.82, 2.24) is 9.97 Å². The van der Waals surface area contributed by atoms with E-state index in [4.69, 9.17) is 9.97 Å². The Balaban J connectivity index is 1.42. The highest BCUT2D eigenvalue weighted by molar-refractivity contribution is 6.15. The molecule has 5 rings (SSSR count). The number of rotatable bonds is 20. The number of aryl methyl sites for hydroxylation is 2. The van der Waals surface area contributed by atoms with E-state index in [1.807, 2.05) is 0 Å². The average Bonchev–Trinajstić information content (AvgIpc) is 3.05. The molecule has 0 N–H and O–H groups in total. The van der Waals surface area contributed by atoms with Gasteiger partial charge in [0.05, 0.1) is 22.1 Å². The average molecular weight is 589 g/mol. The van der Waals surface area contributed by atoms with Gasteiger partial charge in [-0.2, -0.15) is 0 Å². The van der Waals surface area contributed by atoms with Gasteiger partial charge in [-0.3, -0.25) is 0 Å². The molecule has 0 aliphatic carbocycles. The molecule has 44 heavy (non-hydrogen) atoms. The lowest BCUT2D eigenvalue weighted by Crippen LogP contribution is -1.99. The first-order chi connectivity index (χ1) is 21.8. The second-order valence-corrected chi connectivity index (χ2v) is 13.2. The van der Waals surface area contributed by atoms with Crippen LogP contribution in [0.5, 0.6) is 0 Å². The molecule has 3 aromatic carbocycles. The van der Waals surface area contributed by atoms with Crippen LogP contribution in [0, 0.1) is 0 Å². The van der Waals surface area contributed by atoms with E-state index >= 15 is 0 Å². The van der Waals surface area contributed by atoms with Crippen molar-refractivity contribution in [2.75, 3.05) is 0 Å². The number of fused-ring (bicyclic) bond motifs is 5. The Hall–Kier alpha value is -3.00. The third-order valence-corrected chi connectivity index (χ3v) is 9.77. The van der Waals surface area contributed by atoms with E-state index in [1.165, 1.54) is 148 Å². The summed E-state index contributed by atoms with van der Waals surface area (Å²) in [5.74, 6) is 0. The van der Waals surface area contributed by atoms with Gasteiger partial charge in [0.2, 0.25) is 0 Å². The van der Waals surface area contributed by atoms with Crippen LogP contribution in [0.3, 0.4) is 0 Å². The number of unbranched alkanes of at least 4 members (excludes halogenated alkanes) is 16. The summed E-state index contributed by atoms with van der Waals surface area (Å²) < 4.78 is 0. The van der Waals surface area contributed by atoms with E-state index < -0.39 is 0 Å². The van der Waals surface area contributed by atoms with Crippen LogP contribution in [-0.4, -0.2) is 9.97 Å². The molecule has 0 bridgehead atoms. The predicted octanol–water partition coefficient (Wildman–Crippen LogP) is 13.2. The number of benzene rings is 3. The number of aromatic nitrogens is 2. The zero-order chi connectivity index (χ0) is 30.4. The summed E-state index contributed by atoms with van der Waals surface area (Å²) in [7, 11) is 0. The van der Waals surface area contributed by atoms with Crippen LogP contribution >= 0.6 is 0 Å². The normalized spacial score (nSPS) is 11.9. The number of para-hydroxylation sites is 2. The van der Waals surface area contributed by atoms with E-state index in [1.54, 1.807) is 0 Å². The Morgan fingerprint density at radius 3 is 1.09 bits per heavy atom. The summed E-state index contributed by atoms with van der Waals surface area (Å²) in [6.45, 7) is 4.60. The zero-order valence-electron chi connectivity index (χ0n) is 27.8. The molecule has 0 aliphatic heterocycles. The van der Waals surface area contributed by atoms with Crippen molar-refractivity contribution in [2.45, 2.75) is 142 Å². The molecule has 2 aromatic heterocycles. The number of hydrogen-bond acceptors (Lipinski definition) is 2. The van der Waals surface area contributed by atoms with Crippen LogP contribution in [-0.2, 0) is 12.8 Å². The second kappa shape index (κ2) is 17.5. The van der Waals surface area contributed by atoms with Crippen molar-refractivity contribution in [1.29, 1.82) is 0 Å². The van der Waals surface area contributed by atoms with Gasteiger partial charge in [0.25, 0.3) is 0 Å². The fourth-order valence-corrected chi connectivity index (χ4v) is 7.30. The number of pyridine rings is 2. The molecule has 234 valence electrons. The van der Waals surface area contributed by atoms with Crippen molar-refractivity contribution >= 4 is 43.6 Å². The van der Waals surface area contributed by atoms with Crippen molar-refractivity contribution in [3.63, 3.8) is 0 Å². The van der Waals surface area contributed by atoms with Gasteiger partial charge in [0.1, 0.15) is 0 Å². The van der Waals surface area contributed by atoms with Crippen LogP contribution < -0.4 is 0 Å². The predicted molar refractivity (Wildman–Crippen MR) is 194 cm³/mol. The monoisotopic (exact) mass is 588 g/mol. The molecular formula is C42H56N2. The molecule has 2 heterocycles. The molecule has 5 aromatic rings. The van der Waals surface area contributed by atoms with E-state index in [9.17, 15) is 0 Å². The van der Waals surface area contributed by atoms with Crippen molar-refractivity contribution in [3.05, 3.63) is 71.8 Å². The first kappa shape index (κ1) is 32.4. The first-order valence-electron chi connectivity index (χ1n) is 18.3. The molecule has 0 saturated carbocycles. The van der Waals surface area contributed by atoms with Gasteiger partial charge in [0, 0.05) is 21.5 Å². The van der Waals surface area contributed by atoms with Crippen LogP contribution in [0.4, 0.5) is 0 Å². The molecule has 2 nitrogen and oxygen atoms in total. The maximum atomic E-state index is 5.23. The third kappa shape index (κ3) is 8.38. The van der Waals surface area contributed by atoms with Crippen molar-refractivity contribution in [3.8, 4) is 0 Å². The van der Waals surface area contributed by atoms with Crippen LogP contribution in [0.2, 0.25) is 0 Å². The molecule has 0 atom stereocenters. The second-order valence-electron chi connectivity index (χ2n) is 13.2. The summed E-state index contributed by atoms with van der Waals surface area (Å²) in [5, 5.41) is 5.39. The maximum absolute atomic E-state index is 5.23. The van der Waals surface area contributed by atoms with Gasteiger partial charge in [-0.15, -0.1) is 0 Å². The fraction of sp³-hybridized carbons (Fsp3) is 0.524. The highest BCUT2D eigenvalue weighted by atomic mass is 14.7. The molecule has 0 fully saturated rings. The Bertz CT molecular complexity index is 1480. The first-order valence-corrected chi connectivity index (χ1v) is 18.3. The minimum atomic E-state index is 1.11. The van der Waals surface area contributed by atoms with Gasteiger partial charge in [0.15, 0.2) is 0 Å². The van der Waals surface area contributed by atoms with Crippen molar-refractivity contribution in [2.24, 2.45) is 0 Å². The molecule has 2 heteroatoms. The van der Waals surface area contributed by atoms with E-state index in [2.05, 4.69) is 74.5 Å². The van der Waals surface area contributed by atoms with Crippen LogP contribution in [0.15, 0.2) is 60.7 Å². The van der Waals surface area contributed by atoms with E-state index in [0.29, 0.717) is 0 Å². The molecule has 0 saturated heterocycles. The number of nitrogens with zero attached hydrogens (tertiary/aromatic N) is 2. The molecule has 0 unspecified atom stereocenters. The molecule has 0 spiro atoms. The Labute approximate surface area is 267 Å². The summed E-state index contributed by atoms with van der Waals surface area (Å²) in [6.07, 6.45) is 26.6. The van der Waals surface area contributed by atoms with Gasteiger partial charge >= 0.3 is 0 Å². The summed E-state index contributed by atoms with van der Waals surface area (Å²) in [4.78, 5) is 10.5.